The van der Waals surface area contributed by atoms with Gasteiger partial charge in [-0.25, -0.2) is 4.98 Å². The molecule has 5 heteroatoms. The Morgan fingerprint density at radius 1 is 1.44 bits per heavy atom. The van der Waals surface area contributed by atoms with Crippen molar-refractivity contribution in [2.24, 2.45) is 5.92 Å². The van der Waals surface area contributed by atoms with Gasteiger partial charge in [-0.05, 0) is 42.5 Å². The third-order valence-corrected chi connectivity index (χ3v) is 4.68. The summed E-state index contributed by atoms with van der Waals surface area (Å²) in [5, 5.41) is 4.24. The number of pyridine rings is 1. The van der Waals surface area contributed by atoms with Crippen molar-refractivity contribution in [3.63, 3.8) is 0 Å². The molecule has 1 unspecified atom stereocenters. The normalized spacial score (nSPS) is 19.7. The van der Waals surface area contributed by atoms with Gasteiger partial charge in [0.2, 0.25) is 0 Å². The van der Waals surface area contributed by atoms with Crippen molar-refractivity contribution in [3.05, 3.63) is 35.2 Å². The van der Waals surface area contributed by atoms with E-state index < -0.39 is 0 Å². The maximum Gasteiger partial charge on any atom is 0.137 e. The molecule has 0 saturated carbocycles. The topological polar surface area (TPSA) is 29.3 Å². The van der Waals surface area contributed by atoms with E-state index in [0.717, 1.165) is 35.4 Å². The van der Waals surface area contributed by atoms with Crippen molar-refractivity contribution in [1.82, 2.24) is 14.7 Å². The largest absolute Gasteiger partial charge is 0.311 e. The van der Waals surface area contributed by atoms with Crippen LogP contribution in [0.4, 0.5) is 0 Å². The molecule has 1 aliphatic heterocycles. The molecule has 1 fully saturated rings. The average Bonchev–Trinajstić information content (AvgIpc) is 2.97. The van der Waals surface area contributed by atoms with Crippen LogP contribution in [0.25, 0.3) is 5.65 Å². The molecule has 0 amide bonds. The smallest absolute Gasteiger partial charge is 0.137 e. The average molecular weight is 282 g/mol. The fourth-order valence-electron chi connectivity index (χ4n) is 2.25. The quantitative estimate of drug-likeness (QED) is 0.934. The van der Waals surface area contributed by atoms with E-state index in [9.17, 15) is 0 Å². The molecule has 1 saturated heterocycles. The van der Waals surface area contributed by atoms with E-state index in [1.807, 2.05) is 28.9 Å². The van der Waals surface area contributed by atoms with Gasteiger partial charge in [-0.15, -0.1) is 0 Å². The summed E-state index contributed by atoms with van der Waals surface area (Å²) in [6, 6.07) is 3.82. The first-order chi connectivity index (χ1) is 8.81. The molecule has 2 aromatic rings. The van der Waals surface area contributed by atoms with Gasteiger partial charge in [-0.1, -0.05) is 11.6 Å². The second-order valence-corrected chi connectivity index (χ2v) is 6.29. The molecule has 3 nitrogen and oxygen atoms in total. The molecule has 96 valence electrons. The first-order valence-electron chi connectivity index (χ1n) is 6.23. The standard InChI is InChI=1S/C13H16ClN3S/c14-11-1-2-13-16-12(8-17(13)7-11)6-15-5-10-3-4-18-9-10/h1-2,7-8,10,15H,3-6,9H2. The van der Waals surface area contributed by atoms with Crippen molar-refractivity contribution in [2.45, 2.75) is 13.0 Å². The van der Waals surface area contributed by atoms with Crippen LogP contribution in [0.15, 0.2) is 24.5 Å². The maximum atomic E-state index is 5.95. The van der Waals surface area contributed by atoms with Gasteiger partial charge in [0.1, 0.15) is 5.65 Å². The van der Waals surface area contributed by atoms with Crippen molar-refractivity contribution in [3.8, 4) is 0 Å². The van der Waals surface area contributed by atoms with Gasteiger partial charge in [0.05, 0.1) is 10.7 Å². The summed E-state index contributed by atoms with van der Waals surface area (Å²) in [7, 11) is 0. The number of hydrogen-bond acceptors (Lipinski definition) is 3. The fourth-order valence-corrected chi connectivity index (χ4v) is 3.70. The fraction of sp³-hybridized carbons (Fsp3) is 0.462. The first kappa shape index (κ1) is 12.3. The van der Waals surface area contributed by atoms with E-state index >= 15 is 0 Å². The first-order valence-corrected chi connectivity index (χ1v) is 7.76. The summed E-state index contributed by atoms with van der Waals surface area (Å²) in [5.74, 6) is 3.45. The molecule has 3 rings (SSSR count). The highest BCUT2D eigenvalue weighted by molar-refractivity contribution is 7.99. The predicted octanol–water partition coefficient (Wildman–Crippen LogP) is 2.83. The van der Waals surface area contributed by atoms with E-state index in [2.05, 4.69) is 22.1 Å². The van der Waals surface area contributed by atoms with Crippen LogP contribution < -0.4 is 5.32 Å². The van der Waals surface area contributed by atoms with Crippen LogP contribution >= 0.6 is 23.4 Å². The van der Waals surface area contributed by atoms with E-state index in [1.165, 1.54) is 17.9 Å². The minimum absolute atomic E-state index is 0.738. The number of halogens is 1. The van der Waals surface area contributed by atoms with Crippen LogP contribution in [-0.4, -0.2) is 27.4 Å². The summed E-state index contributed by atoms with van der Waals surface area (Å²) in [6.45, 7) is 1.93. The monoisotopic (exact) mass is 281 g/mol. The molecule has 0 bridgehead atoms. The Kier molecular flexibility index (Phi) is 3.77. The highest BCUT2D eigenvalue weighted by Gasteiger charge is 2.14. The molecule has 1 atom stereocenters. The van der Waals surface area contributed by atoms with Crippen molar-refractivity contribution in [2.75, 3.05) is 18.1 Å². The summed E-state index contributed by atoms with van der Waals surface area (Å²) in [4.78, 5) is 4.55. The molecule has 3 heterocycles. The maximum absolute atomic E-state index is 5.95. The Morgan fingerprint density at radius 2 is 2.39 bits per heavy atom. The molecule has 2 aromatic heterocycles. The van der Waals surface area contributed by atoms with Gasteiger partial charge in [-0.3, -0.25) is 0 Å². The molecular formula is C13H16ClN3S. The summed E-state index contributed by atoms with van der Waals surface area (Å²) < 4.78 is 1.98. The Balaban J connectivity index is 1.60. The summed E-state index contributed by atoms with van der Waals surface area (Å²) >= 11 is 8.01. The zero-order valence-corrected chi connectivity index (χ0v) is 11.7. The highest BCUT2D eigenvalue weighted by Crippen LogP contribution is 2.22. The number of imidazole rings is 1. The number of nitrogens with zero attached hydrogens (tertiary/aromatic N) is 2. The Labute approximate surface area is 116 Å². The third kappa shape index (κ3) is 2.82. The van der Waals surface area contributed by atoms with Gasteiger partial charge >= 0.3 is 0 Å². The van der Waals surface area contributed by atoms with Gasteiger partial charge in [0.15, 0.2) is 0 Å². The van der Waals surface area contributed by atoms with Crippen LogP contribution in [-0.2, 0) is 6.54 Å². The van der Waals surface area contributed by atoms with Crippen molar-refractivity contribution < 1.29 is 0 Å². The number of rotatable bonds is 4. The zero-order valence-electron chi connectivity index (χ0n) is 10.1. The summed E-state index contributed by atoms with van der Waals surface area (Å²) in [6.07, 6.45) is 5.27. The molecular weight excluding hydrogens is 266 g/mol. The Hall–Kier alpha value is -0.710. The molecule has 1 N–H and O–H groups in total. The molecule has 1 aliphatic rings. The van der Waals surface area contributed by atoms with Crippen LogP contribution in [0.5, 0.6) is 0 Å². The lowest BCUT2D eigenvalue weighted by Crippen LogP contribution is -2.22. The third-order valence-electron chi connectivity index (χ3n) is 3.23. The molecule has 18 heavy (non-hydrogen) atoms. The Bertz CT molecular complexity index is 534. The second kappa shape index (κ2) is 5.51. The number of nitrogens with one attached hydrogen (secondary N) is 1. The lowest BCUT2D eigenvalue weighted by Gasteiger charge is -2.08. The molecule has 0 aliphatic carbocycles. The predicted molar refractivity (Wildman–Crippen MR) is 77.3 cm³/mol. The minimum Gasteiger partial charge on any atom is -0.311 e. The number of thioether (sulfide) groups is 1. The van der Waals surface area contributed by atoms with Gasteiger partial charge in [0.25, 0.3) is 0 Å². The van der Waals surface area contributed by atoms with E-state index in [0.29, 0.717) is 0 Å². The Morgan fingerprint density at radius 3 is 3.22 bits per heavy atom. The lowest BCUT2D eigenvalue weighted by molar-refractivity contribution is 0.521. The number of fused-ring (bicyclic) bond motifs is 1. The SMILES string of the molecule is Clc1ccc2nc(CNCC3CCSC3)cn2c1. The number of aromatic nitrogens is 2. The summed E-state index contributed by atoms with van der Waals surface area (Å²) in [5.41, 5.74) is 2.02. The lowest BCUT2D eigenvalue weighted by atomic mass is 10.1. The molecule has 0 radical (unpaired) electrons. The highest BCUT2D eigenvalue weighted by atomic mass is 35.5. The van der Waals surface area contributed by atoms with Crippen LogP contribution in [0.3, 0.4) is 0 Å². The van der Waals surface area contributed by atoms with Crippen LogP contribution in [0.2, 0.25) is 5.02 Å². The van der Waals surface area contributed by atoms with Crippen molar-refractivity contribution in [1.29, 1.82) is 0 Å². The zero-order chi connectivity index (χ0) is 12.4. The minimum atomic E-state index is 0.738. The van der Waals surface area contributed by atoms with E-state index in [-0.39, 0.29) is 0 Å². The van der Waals surface area contributed by atoms with E-state index in [1.54, 1.807) is 0 Å². The van der Waals surface area contributed by atoms with E-state index in [4.69, 9.17) is 11.6 Å². The van der Waals surface area contributed by atoms with Gasteiger partial charge < -0.3 is 9.72 Å². The second-order valence-electron chi connectivity index (χ2n) is 4.71. The van der Waals surface area contributed by atoms with Gasteiger partial charge in [-0.2, -0.15) is 11.8 Å². The van der Waals surface area contributed by atoms with Crippen molar-refractivity contribution >= 4 is 29.0 Å². The molecule has 0 aromatic carbocycles. The van der Waals surface area contributed by atoms with Crippen LogP contribution in [0.1, 0.15) is 12.1 Å². The van der Waals surface area contributed by atoms with Crippen LogP contribution in [0, 0.1) is 5.92 Å². The van der Waals surface area contributed by atoms with Gasteiger partial charge in [0, 0.05) is 18.9 Å². The number of hydrogen-bond donors (Lipinski definition) is 1. The molecule has 0 spiro atoms.